The minimum absolute atomic E-state index is 0.0893. The molecule has 1 heterocycles. The van der Waals surface area contributed by atoms with E-state index in [1.54, 1.807) is 7.11 Å². The van der Waals surface area contributed by atoms with Crippen molar-refractivity contribution in [2.75, 3.05) is 26.7 Å². The summed E-state index contributed by atoms with van der Waals surface area (Å²) >= 11 is 0. The summed E-state index contributed by atoms with van der Waals surface area (Å²) < 4.78 is 5.49. The maximum atomic E-state index is 12.1. The minimum Gasteiger partial charge on any atom is -0.409 e. The van der Waals surface area contributed by atoms with Gasteiger partial charge in [0.05, 0.1) is 18.6 Å². The number of methoxy groups -OCH3 is 1. The van der Waals surface area contributed by atoms with Crippen LogP contribution in [0.4, 0.5) is 0 Å². The van der Waals surface area contributed by atoms with Crippen LogP contribution in [0.5, 0.6) is 0 Å². The molecule has 0 unspecified atom stereocenters. The highest BCUT2D eigenvalue weighted by molar-refractivity contribution is 5.81. The van der Waals surface area contributed by atoms with E-state index in [9.17, 15) is 4.79 Å². The number of amides is 1. The summed E-state index contributed by atoms with van der Waals surface area (Å²) in [6.07, 6.45) is 5.36. The van der Waals surface area contributed by atoms with E-state index >= 15 is 0 Å². The molecule has 0 radical (unpaired) electrons. The number of nitrogens with two attached hydrogens (primary N) is 1. The van der Waals surface area contributed by atoms with Crippen LogP contribution in [0, 0.1) is 0 Å². The average Bonchev–Trinajstić information content (AvgIpc) is 2.45. The molecule has 2 rings (SSSR count). The summed E-state index contributed by atoms with van der Waals surface area (Å²) in [5.41, 5.74) is 5.29. The number of hydrogen-bond donors (Lipinski definition) is 3. The molecule has 2 fully saturated rings. The van der Waals surface area contributed by atoms with Crippen LogP contribution in [0.15, 0.2) is 5.16 Å². The zero-order valence-corrected chi connectivity index (χ0v) is 12.7. The van der Waals surface area contributed by atoms with Gasteiger partial charge >= 0.3 is 0 Å². The first kappa shape index (κ1) is 16.0. The lowest BCUT2D eigenvalue weighted by Gasteiger charge is -2.40. The van der Waals surface area contributed by atoms with E-state index in [0.29, 0.717) is 13.0 Å². The third-order valence-corrected chi connectivity index (χ3v) is 4.65. The average molecular weight is 298 g/mol. The summed E-state index contributed by atoms with van der Waals surface area (Å²) in [6, 6.07) is 0.218. The molecule has 1 aliphatic carbocycles. The number of hydrogen-bond acceptors (Lipinski definition) is 5. The SMILES string of the molecule is COC1(CC(=O)NC2CCN(CC(N)=NO)CC2)CCC1. The number of oxime groups is 1. The number of piperidine rings is 1. The first-order chi connectivity index (χ1) is 10.1. The van der Waals surface area contributed by atoms with E-state index in [1.165, 1.54) is 0 Å². The normalized spacial score (nSPS) is 23.6. The lowest BCUT2D eigenvalue weighted by molar-refractivity contribution is -0.135. The molecule has 0 aromatic heterocycles. The van der Waals surface area contributed by atoms with E-state index < -0.39 is 0 Å². The molecule has 1 saturated heterocycles. The predicted molar refractivity (Wildman–Crippen MR) is 79.2 cm³/mol. The van der Waals surface area contributed by atoms with Crippen molar-refractivity contribution in [2.45, 2.75) is 50.2 Å². The number of nitrogens with one attached hydrogen (secondary N) is 1. The molecule has 7 heteroatoms. The number of amidine groups is 1. The van der Waals surface area contributed by atoms with Crippen molar-refractivity contribution < 1.29 is 14.7 Å². The Morgan fingerprint density at radius 2 is 2.14 bits per heavy atom. The maximum Gasteiger partial charge on any atom is 0.223 e. The van der Waals surface area contributed by atoms with Crippen molar-refractivity contribution >= 4 is 11.7 Å². The van der Waals surface area contributed by atoms with Gasteiger partial charge in [-0.25, -0.2) is 0 Å². The van der Waals surface area contributed by atoms with Gasteiger partial charge in [-0.1, -0.05) is 5.16 Å². The fourth-order valence-electron chi connectivity index (χ4n) is 3.09. The smallest absolute Gasteiger partial charge is 0.223 e. The number of carbonyl (C=O) groups is 1. The highest BCUT2D eigenvalue weighted by Gasteiger charge is 2.39. The van der Waals surface area contributed by atoms with Gasteiger partial charge in [0.2, 0.25) is 5.91 Å². The Labute approximate surface area is 125 Å². The number of ether oxygens (including phenoxy) is 1. The molecule has 4 N–H and O–H groups in total. The molecular weight excluding hydrogens is 272 g/mol. The summed E-state index contributed by atoms with van der Waals surface area (Å²) in [4.78, 5) is 14.2. The Morgan fingerprint density at radius 3 is 2.62 bits per heavy atom. The lowest BCUT2D eigenvalue weighted by atomic mass is 9.77. The maximum absolute atomic E-state index is 12.1. The minimum atomic E-state index is -0.211. The third-order valence-electron chi connectivity index (χ3n) is 4.65. The van der Waals surface area contributed by atoms with E-state index in [2.05, 4.69) is 15.4 Å². The lowest BCUT2D eigenvalue weighted by Crippen LogP contribution is -2.49. The van der Waals surface area contributed by atoms with Crippen LogP contribution in [0.25, 0.3) is 0 Å². The molecule has 120 valence electrons. The largest absolute Gasteiger partial charge is 0.409 e. The Morgan fingerprint density at radius 1 is 1.48 bits per heavy atom. The van der Waals surface area contributed by atoms with Crippen molar-refractivity contribution in [3.63, 3.8) is 0 Å². The van der Waals surface area contributed by atoms with Gasteiger partial charge in [-0.2, -0.15) is 0 Å². The van der Waals surface area contributed by atoms with Crippen molar-refractivity contribution in [2.24, 2.45) is 10.9 Å². The summed E-state index contributed by atoms with van der Waals surface area (Å²) in [7, 11) is 1.69. The number of nitrogens with zero attached hydrogens (tertiary/aromatic N) is 2. The van der Waals surface area contributed by atoms with Gasteiger partial charge in [-0.05, 0) is 32.1 Å². The second-order valence-electron chi connectivity index (χ2n) is 6.13. The number of carbonyl (C=O) groups excluding carboxylic acids is 1. The first-order valence-electron chi connectivity index (χ1n) is 7.60. The molecule has 1 saturated carbocycles. The Bertz CT molecular complexity index is 382. The van der Waals surface area contributed by atoms with Crippen LogP contribution in [-0.4, -0.2) is 60.2 Å². The van der Waals surface area contributed by atoms with Gasteiger partial charge in [-0.15, -0.1) is 0 Å². The van der Waals surface area contributed by atoms with Gasteiger partial charge in [0, 0.05) is 26.2 Å². The van der Waals surface area contributed by atoms with Crippen LogP contribution in [0.3, 0.4) is 0 Å². The Balaban J connectivity index is 1.69. The Hall–Kier alpha value is -1.34. The monoisotopic (exact) mass is 298 g/mol. The van der Waals surface area contributed by atoms with Crippen LogP contribution >= 0.6 is 0 Å². The molecule has 0 bridgehead atoms. The number of rotatable bonds is 6. The summed E-state index contributed by atoms with van der Waals surface area (Å²) in [5, 5.41) is 14.7. The number of likely N-dealkylation sites (tertiary alicyclic amines) is 1. The van der Waals surface area contributed by atoms with Gasteiger partial charge < -0.3 is 21.0 Å². The molecule has 21 heavy (non-hydrogen) atoms. The van der Waals surface area contributed by atoms with Crippen molar-refractivity contribution in [1.82, 2.24) is 10.2 Å². The van der Waals surface area contributed by atoms with E-state index in [0.717, 1.165) is 45.2 Å². The van der Waals surface area contributed by atoms with E-state index in [1.807, 2.05) is 0 Å². The topological polar surface area (TPSA) is 100 Å². The van der Waals surface area contributed by atoms with Crippen LogP contribution in [0.1, 0.15) is 38.5 Å². The zero-order valence-electron chi connectivity index (χ0n) is 12.7. The second-order valence-corrected chi connectivity index (χ2v) is 6.13. The second kappa shape index (κ2) is 7.09. The van der Waals surface area contributed by atoms with Gasteiger partial charge in [0.15, 0.2) is 5.84 Å². The molecule has 1 amide bonds. The van der Waals surface area contributed by atoms with Crippen molar-refractivity contribution in [3.8, 4) is 0 Å². The zero-order chi connectivity index (χ0) is 15.3. The highest BCUT2D eigenvalue weighted by Crippen LogP contribution is 2.37. The van der Waals surface area contributed by atoms with Gasteiger partial charge in [0.1, 0.15) is 0 Å². The van der Waals surface area contributed by atoms with Crippen LogP contribution in [-0.2, 0) is 9.53 Å². The molecular formula is C14H26N4O3. The summed E-state index contributed by atoms with van der Waals surface area (Å²) in [6.45, 7) is 2.16. The fraction of sp³-hybridized carbons (Fsp3) is 0.857. The predicted octanol–water partition coefficient (Wildman–Crippen LogP) is 0.273. The molecule has 0 spiro atoms. The van der Waals surface area contributed by atoms with Crippen LogP contribution in [0.2, 0.25) is 0 Å². The molecule has 1 aliphatic heterocycles. The van der Waals surface area contributed by atoms with Crippen molar-refractivity contribution in [1.29, 1.82) is 0 Å². The molecule has 0 atom stereocenters. The fourth-order valence-corrected chi connectivity index (χ4v) is 3.09. The van der Waals surface area contributed by atoms with Crippen molar-refractivity contribution in [3.05, 3.63) is 0 Å². The molecule has 2 aliphatic rings. The first-order valence-corrected chi connectivity index (χ1v) is 7.60. The summed E-state index contributed by atoms with van der Waals surface area (Å²) in [5.74, 6) is 0.316. The molecule has 0 aromatic rings. The molecule has 0 aromatic carbocycles. The molecule has 7 nitrogen and oxygen atoms in total. The van der Waals surface area contributed by atoms with Crippen LogP contribution < -0.4 is 11.1 Å². The van der Waals surface area contributed by atoms with E-state index in [4.69, 9.17) is 15.7 Å². The third kappa shape index (κ3) is 4.31. The van der Waals surface area contributed by atoms with Gasteiger partial charge in [0.25, 0.3) is 0 Å². The van der Waals surface area contributed by atoms with Gasteiger partial charge in [-0.3, -0.25) is 9.69 Å². The highest BCUT2D eigenvalue weighted by atomic mass is 16.5. The Kier molecular flexibility index (Phi) is 5.41. The standard InChI is InChI=1S/C14H26N4O3/c1-21-14(5-2-6-14)9-13(19)16-11-3-7-18(8-4-11)10-12(15)17-20/h11,20H,2-10H2,1H3,(H2,15,17)(H,16,19). The quantitative estimate of drug-likeness (QED) is 0.283. The van der Waals surface area contributed by atoms with E-state index in [-0.39, 0.29) is 23.4 Å².